The molecule has 8 heteroatoms. The maximum Gasteiger partial charge on any atom is 0.313 e. The Morgan fingerprint density at radius 2 is 2.15 bits per heavy atom. The number of thioether (sulfide) groups is 1. The zero-order valence-electron chi connectivity index (χ0n) is 11.6. The monoisotopic (exact) mass is 298 g/mol. The van der Waals surface area contributed by atoms with E-state index in [9.17, 15) is 9.59 Å². The molecule has 110 valence electrons. The average Bonchev–Trinajstić information content (AvgIpc) is 3.18. The molecule has 0 unspecified atom stereocenters. The molecule has 0 atom stereocenters. The lowest BCUT2D eigenvalue weighted by Crippen LogP contribution is -2.30. The molecule has 0 radical (unpaired) electrons. The maximum absolute atomic E-state index is 12.1. The van der Waals surface area contributed by atoms with Crippen LogP contribution in [0.1, 0.15) is 31.5 Å². The minimum absolute atomic E-state index is 0.0219. The lowest BCUT2D eigenvalue weighted by atomic mass is 10.4. The van der Waals surface area contributed by atoms with E-state index in [0.29, 0.717) is 17.6 Å². The van der Waals surface area contributed by atoms with Crippen molar-refractivity contribution in [2.24, 2.45) is 0 Å². The van der Waals surface area contributed by atoms with Crippen LogP contribution in [0.15, 0.2) is 5.16 Å². The average molecular weight is 298 g/mol. The largest absolute Gasteiger partial charge is 0.481 e. The van der Waals surface area contributed by atoms with Crippen LogP contribution in [-0.4, -0.2) is 56.0 Å². The van der Waals surface area contributed by atoms with Gasteiger partial charge in [-0.3, -0.25) is 14.2 Å². The molecule has 1 aromatic heterocycles. The van der Waals surface area contributed by atoms with Gasteiger partial charge in [0.2, 0.25) is 5.91 Å². The van der Waals surface area contributed by atoms with Gasteiger partial charge >= 0.3 is 5.97 Å². The zero-order valence-corrected chi connectivity index (χ0v) is 12.4. The number of carboxylic acid groups (broad SMARTS) is 1. The molecule has 0 spiro atoms. The van der Waals surface area contributed by atoms with Crippen molar-refractivity contribution in [3.63, 3.8) is 0 Å². The number of carbonyl (C=O) groups excluding carboxylic acids is 1. The summed E-state index contributed by atoms with van der Waals surface area (Å²) in [6.45, 7) is 2.72. The van der Waals surface area contributed by atoms with E-state index in [1.54, 1.807) is 16.5 Å². The van der Waals surface area contributed by atoms with E-state index in [4.69, 9.17) is 5.11 Å². The van der Waals surface area contributed by atoms with Crippen molar-refractivity contribution in [1.29, 1.82) is 0 Å². The number of aliphatic carboxylic acids is 1. The van der Waals surface area contributed by atoms with Gasteiger partial charge in [0.1, 0.15) is 12.4 Å². The number of hydrogen-bond donors (Lipinski definition) is 1. The van der Waals surface area contributed by atoms with Gasteiger partial charge in [0.25, 0.3) is 0 Å². The van der Waals surface area contributed by atoms with Crippen LogP contribution in [0, 0.1) is 0 Å². The van der Waals surface area contributed by atoms with Crippen molar-refractivity contribution >= 4 is 23.6 Å². The summed E-state index contributed by atoms with van der Waals surface area (Å²) in [6.07, 6.45) is 2.11. The molecule has 1 heterocycles. The van der Waals surface area contributed by atoms with Crippen molar-refractivity contribution in [3.8, 4) is 0 Å². The third-order valence-corrected chi connectivity index (χ3v) is 4.16. The first-order chi connectivity index (χ1) is 9.52. The van der Waals surface area contributed by atoms with E-state index in [1.165, 1.54) is 0 Å². The van der Waals surface area contributed by atoms with Gasteiger partial charge in [-0.15, -0.1) is 10.2 Å². The second kappa shape index (κ2) is 6.25. The molecule has 1 N–H and O–H groups in total. The predicted octanol–water partition coefficient (Wildman–Crippen LogP) is 0.810. The topological polar surface area (TPSA) is 88.3 Å². The fraction of sp³-hybridized carbons (Fsp3) is 0.667. The summed E-state index contributed by atoms with van der Waals surface area (Å²) in [7, 11) is 1.74. The van der Waals surface area contributed by atoms with Crippen LogP contribution in [-0.2, 0) is 16.1 Å². The van der Waals surface area contributed by atoms with Crippen LogP contribution < -0.4 is 0 Å². The Hall–Kier alpha value is -1.57. The quantitative estimate of drug-likeness (QED) is 0.749. The second-order valence-corrected chi connectivity index (χ2v) is 5.73. The van der Waals surface area contributed by atoms with E-state index >= 15 is 0 Å². The predicted molar refractivity (Wildman–Crippen MR) is 73.7 cm³/mol. The lowest BCUT2D eigenvalue weighted by Gasteiger charge is -2.16. The van der Waals surface area contributed by atoms with Gasteiger partial charge in [-0.05, 0) is 19.8 Å². The highest BCUT2D eigenvalue weighted by Gasteiger charge is 2.31. The Bertz CT molecular complexity index is 513. The Labute approximate surface area is 121 Å². The summed E-state index contributed by atoms with van der Waals surface area (Å²) in [6, 6.07) is 0. The van der Waals surface area contributed by atoms with Crippen molar-refractivity contribution in [3.05, 3.63) is 5.82 Å². The molecule has 1 fully saturated rings. The summed E-state index contributed by atoms with van der Waals surface area (Å²) in [5, 5.41) is 17.4. The lowest BCUT2D eigenvalue weighted by molar-refractivity contribution is -0.134. The number of carbonyl (C=O) groups is 2. The summed E-state index contributed by atoms with van der Waals surface area (Å²) >= 11 is 1.10. The molecular weight excluding hydrogens is 280 g/mol. The molecule has 0 aliphatic heterocycles. The Balaban J connectivity index is 2.16. The van der Waals surface area contributed by atoms with Gasteiger partial charge in [-0.1, -0.05) is 11.8 Å². The van der Waals surface area contributed by atoms with E-state index in [0.717, 1.165) is 30.4 Å². The molecule has 1 aromatic rings. The first-order valence-corrected chi connectivity index (χ1v) is 7.53. The number of carboxylic acids is 1. The highest BCUT2D eigenvalue weighted by atomic mass is 32.2. The normalized spacial score (nSPS) is 14.3. The first kappa shape index (κ1) is 14.8. The van der Waals surface area contributed by atoms with E-state index < -0.39 is 5.97 Å². The minimum atomic E-state index is -0.908. The van der Waals surface area contributed by atoms with Crippen molar-refractivity contribution in [1.82, 2.24) is 19.7 Å². The van der Waals surface area contributed by atoms with Crippen LogP contribution in [0.3, 0.4) is 0 Å². The number of likely N-dealkylation sites (N-methyl/N-ethyl adjacent to an activating group) is 1. The summed E-state index contributed by atoms with van der Waals surface area (Å²) < 4.78 is 1.76. The summed E-state index contributed by atoms with van der Waals surface area (Å²) in [5.41, 5.74) is 0. The van der Waals surface area contributed by atoms with Crippen molar-refractivity contribution < 1.29 is 14.7 Å². The van der Waals surface area contributed by atoms with Gasteiger partial charge in [0.05, 0.1) is 5.75 Å². The fourth-order valence-corrected chi connectivity index (χ4v) is 2.42. The Kier molecular flexibility index (Phi) is 4.64. The Morgan fingerprint density at radius 1 is 1.45 bits per heavy atom. The van der Waals surface area contributed by atoms with Crippen LogP contribution in [0.5, 0.6) is 0 Å². The fourth-order valence-electron chi connectivity index (χ4n) is 1.76. The molecule has 7 nitrogen and oxygen atoms in total. The number of hydrogen-bond acceptors (Lipinski definition) is 5. The molecular formula is C12H18N4O3S. The van der Waals surface area contributed by atoms with Crippen molar-refractivity contribution in [2.45, 2.75) is 37.4 Å². The maximum atomic E-state index is 12.1. The van der Waals surface area contributed by atoms with Crippen LogP contribution >= 0.6 is 11.8 Å². The third kappa shape index (κ3) is 3.50. The zero-order chi connectivity index (χ0) is 14.7. The van der Waals surface area contributed by atoms with E-state index in [1.807, 2.05) is 6.92 Å². The standard InChI is InChI=1S/C12H18N4O3S/c1-3-15(2)9(17)6-16-11(8-4-5-8)13-14-12(16)20-7-10(18)19/h8H,3-7H2,1-2H3,(H,18,19). The smallest absolute Gasteiger partial charge is 0.313 e. The summed E-state index contributed by atoms with van der Waals surface area (Å²) in [5.74, 6) is 0.152. The van der Waals surface area contributed by atoms with Crippen LogP contribution in [0.2, 0.25) is 0 Å². The molecule has 1 amide bonds. The molecule has 20 heavy (non-hydrogen) atoms. The highest BCUT2D eigenvalue weighted by Crippen LogP contribution is 2.40. The van der Waals surface area contributed by atoms with Crippen LogP contribution in [0.4, 0.5) is 0 Å². The molecule has 1 saturated carbocycles. The van der Waals surface area contributed by atoms with E-state index in [2.05, 4.69) is 10.2 Å². The third-order valence-electron chi connectivity index (χ3n) is 3.21. The molecule has 0 bridgehead atoms. The van der Waals surface area contributed by atoms with Crippen LogP contribution in [0.25, 0.3) is 0 Å². The molecule has 1 aliphatic rings. The minimum Gasteiger partial charge on any atom is -0.481 e. The number of nitrogens with zero attached hydrogens (tertiary/aromatic N) is 4. The number of aromatic nitrogens is 3. The number of rotatable bonds is 7. The number of amides is 1. The van der Waals surface area contributed by atoms with Gasteiger partial charge in [-0.25, -0.2) is 0 Å². The second-order valence-electron chi connectivity index (χ2n) is 4.79. The van der Waals surface area contributed by atoms with Gasteiger partial charge < -0.3 is 10.0 Å². The molecule has 2 rings (SSSR count). The van der Waals surface area contributed by atoms with Gasteiger partial charge in [0, 0.05) is 19.5 Å². The summed E-state index contributed by atoms with van der Waals surface area (Å²) in [4.78, 5) is 24.3. The Morgan fingerprint density at radius 3 is 2.70 bits per heavy atom. The first-order valence-electron chi connectivity index (χ1n) is 6.54. The highest BCUT2D eigenvalue weighted by molar-refractivity contribution is 7.99. The van der Waals surface area contributed by atoms with E-state index in [-0.39, 0.29) is 18.2 Å². The SMILES string of the molecule is CCN(C)C(=O)Cn1c(SCC(=O)O)nnc1C1CC1. The molecule has 0 saturated heterocycles. The van der Waals surface area contributed by atoms with Gasteiger partial charge in [0.15, 0.2) is 5.16 Å². The van der Waals surface area contributed by atoms with Gasteiger partial charge in [-0.2, -0.15) is 0 Å². The van der Waals surface area contributed by atoms with Crippen molar-refractivity contribution in [2.75, 3.05) is 19.3 Å². The molecule has 1 aliphatic carbocycles. The molecule has 0 aromatic carbocycles.